The number of halogens is 1. The van der Waals surface area contributed by atoms with E-state index in [9.17, 15) is 14.0 Å². The van der Waals surface area contributed by atoms with Crippen LogP contribution in [0.25, 0.3) is 0 Å². The summed E-state index contributed by atoms with van der Waals surface area (Å²) >= 11 is 0. The van der Waals surface area contributed by atoms with Gasteiger partial charge < -0.3 is 5.11 Å². The summed E-state index contributed by atoms with van der Waals surface area (Å²) in [5, 5.41) is 8.98. The van der Waals surface area contributed by atoms with Crippen LogP contribution in [-0.4, -0.2) is 41.4 Å². The van der Waals surface area contributed by atoms with Crippen LogP contribution in [-0.2, 0) is 4.79 Å². The first-order valence-corrected chi connectivity index (χ1v) is 6.31. The summed E-state index contributed by atoms with van der Waals surface area (Å²) in [6.07, 6.45) is 1.39. The van der Waals surface area contributed by atoms with Crippen molar-refractivity contribution in [2.45, 2.75) is 12.8 Å². The first-order valence-electron chi connectivity index (χ1n) is 6.31. The summed E-state index contributed by atoms with van der Waals surface area (Å²) in [4.78, 5) is 24.7. The molecule has 4 nitrogen and oxygen atoms in total. The molecule has 1 atom stereocenters. The van der Waals surface area contributed by atoms with Crippen molar-refractivity contribution in [3.05, 3.63) is 35.6 Å². The average molecular weight is 265 g/mol. The summed E-state index contributed by atoms with van der Waals surface area (Å²) in [5.74, 6) is -2.09. The van der Waals surface area contributed by atoms with Crippen LogP contribution in [0.3, 0.4) is 0 Å². The normalized spacial score (nSPS) is 20.2. The van der Waals surface area contributed by atoms with E-state index in [0.717, 1.165) is 6.42 Å². The van der Waals surface area contributed by atoms with Gasteiger partial charge in [0.25, 0.3) is 0 Å². The molecule has 2 rings (SSSR count). The average Bonchev–Trinajstić information content (AvgIpc) is 2.39. The summed E-state index contributed by atoms with van der Waals surface area (Å²) < 4.78 is 13.5. The zero-order valence-electron chi connectivity index (χ0n) is 10.5. The lowest BCUT2D eigenvalue weighted by Crippen LogP contribution is -2.41. The van der Waals surface area contributed by atoms with Crippen LogP contribution in [0.1, 0.15) is 23.2 Å². The second-order valence-corrected chi connectivity index (χ2v) is 4.82. The zero-order valence-corrected chi connectivity index (χ0v) is 10.5. The van der Waals surface area contributed by atoms with Gasteiger partial charge in [-0.1, -0.05) is 12.1 Å². The highest BCUT2D eigenvalue weighted by molar-refractivity contribution is 5.97. The maximum atomic E-state index is 13.5. The van der Waals surface area contributed by atoms with Gasteiger partial charge in [0.05, 0.1) is 18.0 Å². The number of hydrogen-bond acceptors (Lipinski definition) is 3. The standard InChI is InChI=1S/C14H16FNO3/c15-12-6-2-1-5-11(12)13(17)9-16-7-3-4-10(8-16)14(18)19/h1-2,5-6,10H,3-4,7-9H2,(H,18,19). The predicted octanol–water partition coefficient (Wildman–Crippen LogP) is 1.80. The molecule has 1 unspecified atom stereocenters. The largest absolute Gasteiger partial charge is 0.481 e. The molecule has 1 heterocycles. The van der Waals surface area contributed by atoms with Crippen LogP contribution in [0, 0.1) is 11.7 Å². The third-order valence-electron chi connectivity index (χ3n) is 3.40. The summed E-state index contributed by atoms with van der Waals surface area (Å²) in [7, 11) is 0. The van der Waals surface area contributed by atoms with Crippen LogP contribution >= 0.6 is 0 Å². The lowest BCUT2D eigenvalue weighted by molar-refractivity contribution is -0.143. The fourth-order valence-electron chi connectivity index (χ4n) is 2.38. The number of carboxylic acids is 1. The van der Waals surface area contributed by atoms with Gasteiger partial charge in [-0.25, -0.2) is 4.39 Å². The molecule has 1 aromatic rings. The number of nitrogens with zero attached hydrogens (tertiary/aromatic N) is 1. The molecule has 102 valence electrons. The maximum Gasteiger partial charge on any atom is 0.307 e. The Morgan fingerprint density at radius 1 is 1.37 bits per heavy atom. The van der Waals surface area contributed by atoms with Gasteiger partial charge in [0.15, 0.2) is 5.78 Å². The molecule has 1 N–H and O–H groups in total. The first kappa shape index (κ1) is 13.7. The molecule has 0 radical (unpaired) electrons. The number of carbonyl (C=O) groups is 2. The highest BCUT2D eigenvalue weighted by atomic mass is 19.1. The molecule has 0 aliphatic carbocycles. The monoisotopic (exact) mass is 265 g/mol. The fourth-order valence-corrected chi connectivity index (χ4v) is 2.38. The molecule has 0 spiro atoms. The maximum absolute atomic E-state index is 13.5. The van der Waals surface area contributed by atoms with Crippen molar-refractivity contribution in [1.82, 2.24) is 4.90 Å². The quantitative estimate of drug-likeness (QED) is 0.843. The topological polar surface area (TPSA) is 57.6 Å². The third-order valence-corrected chi connectivity index (χ3v) is 3.40. The Kier molecular flexibility index (Phi) is 4.27. The lowest BCUT2D eigenvalue weighted by atomic mass is 9.97. The second kappa shape index (κ2) is 5.93. The SMILES string of the molecule is O=C(CN1CCCC(C(=O)O)C1)c1ccccc1F. The minimum Gasteiger partial charge on any atom is -0.481 e. The highest BCUT2D eigenvalue weighted by Gasteiger charge is 2.26. The highest BCUT2D eigenvalue weighted by Crippen LogP contribution is 2.17. The number of hydrogen-bond donors (Lipinski definition) is 1. The Morgan fingerprint density at radius 3 is 2.79 bits per heavy atom. The second-order valence-electron chi connectivity index (χ2n) is 4.82. The Bertz CT molecular complexity index is 489. The number of piperidine rings is 1. The number of rotatable bonds is 4. The number of benzene rings is 1. The summed E-state index contributed by atoms with van der Waals surface area (Å²) in [6, 6.07) is 5.86. The van der Waals surface area contributed by atoms with Crippen LogP contribution < -0.4 is 0 Å². The van der Waals surface area contributed by atoms with Gasteiger partial charge in [-0.05, 0) is 31.5 Å². The summed E-state index contributed by atoms with van der Waals surface area (Å²) in [6.45, 7) is 1.12. The van der Waals surface area contributed by atoms with E-state index in [1.165, 1.54) is 18.2 Å². The smallest absolute Gasteiger partial charge is 0.307 e. The fraction of sp³-hybridized carbons (Fsp3) is 0.429. The Hall–Kier alpha value is -1.75. The molecule has 0 bridgehead atoms. The molecule has 0 aromatic heterocycles. The third kappa shape index (κ3) is 3.38. The minimum absolute atomic E-state index is 0.0694. The minimum atomic E-state index is -0.831. The number of ketones is 1. The van der Waals surface area contributed by atoms with Crippen molar-refractivity contribution in [1.29, 1.82) is 0 Å². The predicted molar refractivity (Wildman–Crippen MR) is 67.5 cm³/mol. The van der Waals surface area contributed by atoms with Gasteiger partial charge in [-0.2, -0.15) is 0 Å². The molecule has 1 aromatic carbocycles. The Balaban J connectivity index is 1.99. The van der Waals surface area contributed by atoms with E-state index < -0.39 is 17.7 Å². The van der Waals surface area contributed by atoms with Crippen LogP contribution in [0.5, 0.6) is 0 Å². The number of Topliss-reactive ketones (excluding diaryl/α,β-unsaturated/α-hetero) is 1. The first-order chi connectivity index (χ1) is 9.08. The molecule has 1 aliphatic heterocycles. The van der Waals surface area contributed by atoms with E-state index >= 15 is 0 Å². The number of carboxylic acid groups (broad SMARTS) is 1. The van der Waals surface area contributed by atoms with Gasteiger partial charge in [-0.3, -0.25) is 14.5 Å². The molecular weight excluding hydrogens is 249 g/mol. The van der Waals surface area contributed by atoms with Gasteiger partial charge >= 0.3 is 5.97 Å². The lowest BCUT2D eigenvalue weighted by Gasteiger charge is -2.29. The Labute approximate surface area is 110 Å². The van der Waals surface area contributed by atoms with Crippen molar-refractivity contribution in [3.8, 4) is 0 Å². The van der Waals surface area contributed by atoms with Crippen molar-refractivity contribution >= 4 is 11.8 Å². The van der Waals surface area contributed by atoms with Crippen molar-refractivity contribution in [2.75, 3.05) is 19.6 Å². The van der Waals surface area contributed by atoms with Crippen LogP contribution in [0.4, 0.5) is 4.39 Å². The molecule has 1 saturated heterocycles. The molecule has 5 heteroatoms. The number of carbonyl (C=O) groups excluding carboxylic acids is 1. The van der Waals surface area contributed by atoms with Gasteiger partial charge in [-0.15, -0.1) is 0 Å². The van der Waals surface area contributed by atoms with Gasteiger partial charge in [0.2, 0.25) is 0 Å². The zero-order chi connectivity index (χ0) is 13.8. The van der Waals surface area contributed by atoms with Crippen molar-refractivity contribution < 1.29 is 19.1 Å². The molecule has 1 aliphatic rings. The van der Waals surface area contributed by atoms with Crippen molar-refractivity contribution in [2.24, 2.45) is 5.92 Å². The molecule has 0 amide bonds. The van der Waals surface area contributed by atoms with Crippen LogP contribution in [0.15, 0.2) is 24.3 Å². The van der Waals surface area contributed by atoms with Gasteiger partial charge in [0.1, 0.15) is 5.82 Å². The van der Waals surface area contributed by atoms with E-state index in [1.54, 1.807) is 11.0 Å². The number of likely N-dealkylation sites (tertiary alicyclic amines) is 1. The van der Waals surface area contributed by atoms with E-state index in [-0.39, 0.29) is 17.9 Å². The molecular formula is C14H16FNO3. The molecule has 1 fully saturated rings. The van der Waals surface area contributed by atoms with Crippen LogP contribution in [0.2, 0.25) is 0 Å². The van der Waals surface area contributed by atoms with E-state index in [4.69, 9.17) is 5.11 Å². The van der Waals surface area contributed by atoms with E-state index in [0.29, 0.717) is 19.5 Å². The van der Waals surface area contributed by atoms with Crippen molar-refractivity contribution in [3.63, 3.8) is 0 Å². The van der Waals surface area contributed by atoms with E-state index in [2.05, 4.69) is 0 Å². The number of aliphatic carboxylic acids is 1. The Morgan fingerprint density at radius 2 is 2.11 bits per heavy atom. The molecule has 0 saturated carbocycles. The van der Waals surface area contributed by atoms with Gasteiger partial charge in [0, 0.05) is 6.54 Å². The molecule has 19 heavy (non-hydrogen) atoms. The van der Waals surface area contributed by atoms with E-state index in [1.807, 2.05) is 0 Å². The summed E-state index contributed by atoms with van der Waals surface area (Å²) in [5.41, 5.74) is 0.0694.